The van der Waals surface area contributed by atoms with Gasteiger partial charge < -0.3 is 15.5 Å². The number of amides is 2. The fourth-order valence-electron chi connectivity index (χ4n) is 3.85. The molecule has 0 spiro atoms. The van der Waals surface area contributed by atoms with Crippen molar-refractivity contribution in [2.75, 3.05) is 29.9 Å². The van der Waals surface area contributed by atoms with Crippen molar-refractivity contribution < 1.29 is 4.79 Å². The van der Waals surface area contributed by atoms with Crippen LogP contribution < -0.4 is 15.5 Å². The van der Waals surface area contributed by atoms with Crippen LogP contribution >= 0.6 is 0 Å². The predicted molar refractivity (Wildman–Crippen MR) is 110 cm³/mol. The number of hydrogen-bond acceptors (Lipinski definition) is 5. The molecule has 146 valence electrons. The topological polar surface area (TPSA) is 98.8 Å². The molecular weight excluding hydrogens is 354 g/mol. The first kappa shape index (κ1) is 18.2. The van der Waals surface area contributed by atoms with Gasteiger partial charge in [0.2, 0.25) is 0 Å². The number of H-pyrrole nitrogens is 1. The van der Waals surface area contributed by atoms with E-state index in [1.807, 2.05) is 13.0 Å². The first-order valence-electron chi connectivity index (χ1n) is 9.70. The van der Waals surface area contributed by atoms with Crippen LogP contribution in [0.4, 0.5) is 16.3 Å². The SMILES string of the molecule is CCNC(=O)Nc1cn[nH]c1[C@@H]1CCCN(c2ncnc3ccc(C)cc23)C1. The molecule has 0 unspecified atom stereocenters. The second-order valence-corrected chi connectivity index (χ2v) is 7.18. The molecule has 2 aromatic heterocycles. The molecule has 0 bridgehead atoms. The molecule has 1 fully saturated rings. The summed E-state index contributed by atoms with van der Waals surface area (Å²) in [5, 5.41) is 14.0. The average molecular weight is 379 g/mol. The third-order valence-electron chi connectivity index (χ3n) is 5.15. The van der Waals surface area contributed by atoms with Crippen molar-refractivity contribution in [2.24, 2.45) is 0 Å². The summed E-state index contributed by atoms with van der Waals surface area (Å²) in [6.07, 6.45) is 5.38. The quantitative estimate of drug-likeness (QED) is 0.647. The molecule has 8 heteroatoms. The lowest BCUT2D eigenvalue weighted by molar-refractivity contribution is 0.252. The number of carbonyl (C=O) groups excluding carboxylic acids is 1. The van der Waals surface area contributed by atoms with E-state index in [2.05, 4.69) is 54.8 Å². The van der Waals surface area contributed by atoms with Crippen LogP contribution in [0.25, 0.3) is 10.9 Å². The van der Waals surface area contributed by atoms with Gasteiger partial charge in [0.15, 0.2) is 0 Å². The number of carbonyl (C=O) groups is 1. The molecule has 0 radical (unpaired) electrons. The molecular formula is C20H25N7O. The molecule has 28 heavy (non-hydrogen) atoms. The highest BCUT2D eigenvalue weighted by atomic mass is 16.2. The normalized spacial score (nSPS) is 16.9. The summed E-state index contributed by atoms with van der Waals surface area (Å²) in [5.41, 5.74) is 3.85. The average Bonchev–Trinajstić information content (AvgIpc) is 3.16. The van der Waals surface area contributed by atoms with Crippen LogP contribution in [0.2, 0.25) is 0 Å². The number of rotatable bonds is 4. The fraction of sp³-hybridized carbons (Fsp3) is 0.400. The number of nitrogens with one attached hydrogen (secondary N) is 3. The van der Waals surface area contributed by atoms with Crippen molar-refractivity contribution in [3.05, 3.63) is 42.0 Å². The van der Waals surface area contributed by atoms with Gasteiger partial charge in [0.25, 0.3) is 0 Å². The van der Waals surface area contributed by atoms with Gasteiger partial charge in [-0.2, -0.15) is 5.10 Å². The second kappa shape index (κ2) is 7.84. The number of aromatic nitrogens is 4. The Kier molecular flexibility index (Phi) is 5.10. The summed E-state index contributed by atoms with van der Waals surface area (Å²) in [4.78, 5) is 23.2. The third kappa shape index (κ3) is 3.62. The van der Waals surface area contributed by atoms with E-state index in [-0.39, 0.29) is 11.9 Å². The second-order valence-electron chi connectivity index (χ2n) is 7.18. The number of aromatic amines is 1. The van der Waals surface area contributed by atoms with Gasteiger partial charge in [-0.3, -0.25) is 5.10 Å². The van der Waals surface area contributed by atoms with Gasteiger partial charge in [-0.1, -0.05) is 11.6 Å². The van der Waals surface area contributed by atoms with Crippen molar-refractivity contribution in [3.8, 4) is 0 Å². The number of hydrogen-bond donors (Lipinski definition) is 3. The first-order chi connectivity index (χ1) is 13.7. The van der Waals surface area contributed by atoms with Crippen molar-refractivity contribution in [1.82, 2.24) is 25.5 Å². The maximum absolute atomic E-state index is 11.9. The Balaban J connectivity index is 1.59. The molecule has 0 saturated carbocycles. The Hall–Kier alpha value is -3.16. The summed E-state index contributed by atoms with van der Waals surface area (Å²) in [6, 6.07) is 6.05. The van der Waals surface area contributed by atoms with Crippen molar-refractivity contribution in [2.45, 2.75) is 32.6 Å². The van der Waals surface area contributed by atoms with Crippen molar-refractivity contribution in [1.29, 1.82) is 0 Å². The lowest BCUT2D eigenvalue weighted by Gasteiger charge is -2.34. The van der Waals surface area contributed by atoms with E-state index < -0.39 is 0 Å². The van der Waals surface area contributed by atoms with Crippen LogP contribution in [0.15, 0.2) is 30.7 Å². The zero-order valence-corrected chi connectivity index (χ0v) is 16.2. The minimum atomic E-state index is -0.213. The summed E-state index contributed by atoms with van der Waals surface area (Å²) in [6.45, 7) is 6.31. The number of anilines is 2. The van der Waals surface area contributed by atoms with E-state index >= 15 is 0 Å². The Morgan fingerprint density at radius 3 is 3.11 bits per heavy atom. The van der Waals surface area contributed by atoms with E-state index in [0.717, 1.165) is 54.0 Å². The smallest absolute Gasteiger partial charge is 0.319 e. The molecule has 1 aliphatic rings. The Labute approximate surface area is 163 Å². The maximum atomic E-state index is 11.9. The number of piperidine rings is 1. The lowest BCUT2D eigenvalue weighted by Crippen LogP contribution is -2.36. The summed E-state index contributed by atoms with van der Waals surface area (Å²) < 4.78 is 0. The third-order valence-corrected chi connectivity index (χ3v) is 5.15. The van der Waals surface area contributed by atoms with Crippen LogP contribution in [0, 0.1) is 6.92 Å². The van der Waals surface area contributed by atoms with Crippen LogP contribution in [-0.4, -0.2) is 45.8 Å². The maximum Gasteiger partial charge on any atom is 0.319 e. The molecule has 3 N–H and O–H groups in total. The van der Waals surface area contributed by atoms with Gasteiger partial charge in [-0.05, 0) is 38.8 Å². The molecule has 2 amide bonds. The van der Waals surface area contributed by atoms with Gasteiger partial charge in [-0.25, -0.2) is 14.8 Å². The zero-order chi connectivity index (χ0) is 19.5. The predicted octanol–water partition coefficient (Wildman–Crippen LogP) is 3.19. The molecule has 1 atom stereocenters. The molecule has 1 aliphatic heterocycles. The molecule has 1 saturated heterocycles. The van der Waals surface area contributed by atoms with E-state index in [0.29, 0.717) is 6.54 Å². The van der Waals surface area contributed by atoms with Crippen LogP contribution in [-0.2, 0) is 0 Å². The van der Waals surface area contributed by atoms with E-state index in [1.54, 1.807) is 12.5 Å². The summed E-state index contributed by atoms with van der Waals surface area (Å²) in [5.74, 6) is 1.21. The first-order valence-corrected chi connectivity index (χ1v) is 9.70. The number of fused-ring (bicyclic) bond motifs is 1. The summed E-state index contributed by atoms with van der Waals surface area (Å²) >= 11 is 0. The number of benzene rings is 1. The molecule has 0 aliphatic carbocycles. The van der Waals surface area contributed by atoms with Crippen LogP contribution in [0.1, 0.15) is 36.9 Å². The standard InChI is InChI=1S/C20H25N7O/c1-3-21-20(28)25-17-10-24-26-18(17)14-5-4-8-27(11-14)19-15-9-13(2)6-7-16(15)22-12-23-19/h6-7,9-10,12,14H,3-5,8,11H2,1-2H3,(H,24,26)(H2,21,25,28)/t14-/m1/s1. The summed E-state index contributed by atoms with van der Waals surface area (Å²) in [7, 11) is 0. The van der Waals surface area contributed by atoms with Gasteiger partial charge >= 0.3 is 6.03 Å². The molecule has 3 aromatic rings. The van der Waals surface area contributed by atoms with E-state index in [9.17, 15) is 4.79 Å². The Bertz CT molecular complexity index is 984. The number of aryl methyl sites for hydroxylation is 1. The number of urea groups is 1. The highest BCUT2D eigenvalue weighted by Gasteiger charge is 2.27. The Morgan fingerprint density at radius 1 is 1.36 bits per heavy atom. The minimum Gasteiger partial charge on any atom is -0.355 e. The Morgan fingerprint density at radius 2 is 2.25 bits per heavy atom. The molecule has 1 aromatic carbocycles. The van der Waals surface area contributed by atoms with Gasteiger partial charge in [0.05, 0.1) is 23.1 Å². The zero-order valence-electron chi connectivity index (χ0n) is 16.2. The van der Waals surface area contributed by atoms with Crippen molar-refractivity contribution in [3.63, 3.8) is 0 Å². The van der Waals surface area contributed by atoms with Gasteiger partial charge in [0, 0.05) is 30.9 Å². The highest BCUT2D eigenvalue weighted by molar-refractivity contribution is 5.90. The largest absolute Gasteiger partial charge is 0.355 e. The van der Waals surface area contributed by atoms with Gasteiger partial charge in [-0.15, -0.1) is 0 Å². The minimum absolute atomic E-state index is 0.213. The highest BCUT2D eigenvalue weighted by Crippen LogP contribution is 2.34. The molecule has 8 nitrogen and oxygen atoms in total. The van der Waals surface area contributed by atoms with Crippen LogP contribution in [0.5, 0.6) is 0 Å². The van der Waals surface area contributed by atoms with Crippen molar-refractivity contribution >= 4 is 28.4 Å². The fourth-order valence-corrected chi connectivity index (χ4v) is 3.85. The monoisotopic (exact) mass is 379 g/mol. The van der Waals surface area contributed by atoms with E-state index in [1.165, 1.54) is 5.56 Å². The van der Waals surface area contributed by atoms with E-state index in [4.69, 9.17) is 0 Å². The van der Waals surface area contributed by atoms with Crippen LogP contribution in [0.3, 0.4) is 0 Å². The molecule has 3 heterocycles. The van der Waals surface area contributed by atoms with Gasteiger partial charge in [0.1, 0.15) is 12.1 Å². The molecule has 4 rings (SSSR count). The lowest BCUT2D eigenvalue weighted by atomic mass is 9.93. The number of nitrogens with zero attached hydrogens (tertiary/aromatic N) is 4.